The molecule has 3 N–H and O–H groups in total. The number of rotatable bonds is 6. The van der Waals surface area contributed by atoms with Crippen molar-refractivity contribution in [2.75, 3.05) is 11.9 Å². The minimum atomic E-state index is -1.07. The zero-order valence-corrected chi connectivity index (χ0v) is 17.0. The molecule has 166 valence electrons. The number of halogens is 1. The van der Waals surface area contributed by atoms with Crippen LogP contribution in [0, 0.1) is 5.82 Å². The lowest BCUT2D eigenvalue weighted by molar-refractivity contribution is -0.127. The zero-order valence-electron chi connectivity index (χ0n) is 17.0. The summed E-state index contributed by atoms with van der Waals surface area (Å²) in [6.07, 6.45) is 3.11. The standard InChI is InChI=1S/C23H17FN4O5/c24-15-5-2-6-16(11-15)25-20(29)13-28-21(30)19(26-23(28)33)12-18-8-3-9-27(18)17-7-1-4-14(10-17)22(31)32/h1-12H,13H2,(H,25,29)(H,26,33)(H,31,32)/b19-12-. The number of aromatic carboxylic acids is 1. The van der Waals surface area contributed by atoms with Crippen molar-refractivity contribution >= 4 is 35.6 Å². The fraction of sp³-hybridized carbons (Fsp3) is 0.0435. The number of carboxylic acid groups (broad SMARTS) is 1. The topological polar surface area (TPSA) is 121 Å². The molecule has 0 radical (unpaired) electrons. The third-order valence-electron chi connectivity index (χ3n) is 4.82. The van der Waals surface area contributed by atoms with E-state index in [9.17, 15) is 28.7 Å². The van der Waals surface area contributed by atoms with E-state index in [1.807, 2.05) is 0 Å². The second-order valence-corrected chi connectivity index (χ2v) is 7.10. The Morgan fingerprint density at radius 2 is 1.85 bits per heavy atom. The molecule has 2 aromatic carbocycles. The number of nitrogens with one attached hydrogen (secondary N) is 2. The Kier molecular flexibility index (Phi) is 5.73. The molecule has 0 bridgehead atoms. The van der Waals surface area contributed by atoms with Crippen molar-refractivity contribution in [2.45, 2.75) is 0 Å². The van der Waals surface area contributed by atoms with Crippen LogP contribution in [0.2, 0.25) is 0 Å². The number of hydrogen-bond acceptors (Lipinski definition) is 4. The molecule has 0 unspecified atom stereocenters. The van der Waals surface area contributed by atoms with E-state index in [0.717, 1.165) is 11.0 Å². The van der Waals surface area contributed by atoms with Crippen molar-refractivity contribution in [1.82, 2.24) is 14.8 Å². The highest BCUT2D eigenvalue weighted by atomic mass is 19.1. The van der Waals surface area contributed by atoms with Crippen LogP contribution in [0.4, 0.5) is 14.9 Å². The van der Waals surface area contributed by atoms with Crippen molar-refractivity contribution in [3.8, 4) is 5.69 Å². The number of aromatic nitrogens is 1. The van der Waals surface area contributed by atoms with Gasteiger partial charge in [-0.1, -0.05) is 12.1 Å². The molecule has 10 heteroatoms. The van der Waals surface area contributed by atoms with Gasteiger partial charge in [0.2, 0.25) is 5.91 Å². The Hall–Kier alpha value is -4.73. The predicted molar refractivity (Wildman–Crippen MR) is 116 cm³/mol. The molecule has 0 atom stereocenters. The molecule has 1 saturated heterocycles. The molecule has 1 fully saturated rings. The first-order valence-corrected chi connectivity index (χ1v) is 9.73. The van der Waals surface area contributed by atoms with E-state index in [1.54, 1.807) is 35.0 Å². The molecule has 0 saturated carbocycles. The Morgan fingerprint density at radius 1 is 1.06 bits per heavy atom. The Labute approximate surface area is 186 Å². The van der Waals surface area contributed by atoms with E-state index in [4.69, 9.17) is 0 Å². The summed E-state index contributed by atoms with van der Waals surface area (Å²) in [5, 5.41) is 14.1. The molecule has 33 heavy (non-hydrogen) atoms. The van der Waals surface area contributed by atoms with Crippen molar-refractivity contribution in [2.24, 2.45) is 0 Å². The number of amides is 4. The number of carbonyl (C=O) groups is 4. The number of imide groups is 1. The summed E-state index contributed by atoms with van der Waals surface area (Å²) in [4.78, 5) is 49.2. The molecule has 0 spiro atoms. The molecule has 3 aromatic rings. The van der Waals surface area contributed by atoms with E-state index >= 15 is 0 Å². The summed E-state index contributed by atoms with van der Waals surface area (Å²) in [5.41, 5.74) is 1.31. The zero-order chi connectivity index (χ0) is 23.5. The smallest absolute Gasteiger partial charge is 0.335 e. The van der Waals surface area contributed by atoms with Crippen LogP contribution in [0.15, 0.2) is 72.6 Å². The first-order chi connectivity index (χ1) is 15.8. The highest BCUT2D eigenvalue weighted by molar-refractivity contribution is 6.15. The quantitative estimate of drug-likeness (QED) is 0.396. The van der Waals surface area contributed by atoms with Crippen LogP contribution in [0.5, 0.6) is 0 Å². The fourth-order valence-electron chi connectivity index (χ4n) is 3.31. The second kappa shape index (κ2) is 8.79. The van der Waals surface area contributed by atoms with Gasteiger partial charge in [-0.25, -0.2) is 18.9 Å². The van der Waals surface area contributed by atoms with Gasteiger partial charge in [0.15, 0.2) is 0 Å². The molecule has 9 nitrogen and oxygen atoms in total. The van der Waals surface area contributed by atoms with Gasteiger partial charge in [0.25, 0.3) is 5.91 Å². The summed E-state index contributed by atoms with van der Waals surface area (Å²) >= 11 is 0. The first-order valence-electron chi connectivity index (χ1n) is 9.73. The summed E-state index contributed by atoms with van der Waals surface area (Å²) in [6.45, 7) is -0.555. The van der Waals surface area contributed by atoms with Gasteiger partial charge in [-0.05, 0) is 54.6 Å². The third kappa shape index (κ3) is 4.64. The third-order valence-corrected chi connectivity index (χ3v) is 4.82. The van der Waals surface area contributed by atoms with Crippen molar-refractivity contribution in [3.05, 3.63) is 89.6 Å². The van der Waals surface area contributed by atoms with Crippen LogP contribution in [0.1, 0.15) is 16.1 Å². The van der Waals surface area contributed by atoms with E-state index in [-0.39, 0.29) is 16.9 Å². The van der Waals surface area contributed by atoms with Crippen LogP contribution in [-0.2, 0) is 9.59 Å². The Bertz CT molecular complexity index is 1310. The lowest BCUT2D eigenvalue weighted by atomic mass is 10.2. The predicted octanol–water partition coefficient (Wildman–Crippen LogP) is 2.85. The lowest BCUT2D eigenvalue weighted by Crippen LogP contribution is -2.38. The normalized spacial score (nSPS) is 14.5. The van der Waals surface area contributed by atoms with Crippen molar-refractivity contribution in [3.63, 3.8) is 0 Å². The van der Waals surface area contributed by atoms with Gasteiger partial charge in [0, 0.05) is 23.3 Å². The van der Waals surface area contributed by atoms with E-state index in [0.29, 0.717) is 11.4 Å². The molecule has 1 aliphatic rings. The Balaban J connectivity index is 1.52. The maximum atomic E-state index is 13.3. The monoisotopic (exact) mass is 448 g/mol. The summed E-state index contributed by atoms with van der Waals surface area (Å²) in [6, 6.07) is 14.1. The molecule has 0 aliphatic carbocycles. The largest absolute Gasteiger partial charge is 0.478 e. The molecule has 2 heterocycles. The molecular formula is C23H17FN4O5. The maximum absolute atomic E-state index is 13.3. The molecule has 1 aromatic heterocycles. The van der Waals surface area contributed by atoms with E-state index in [2.05, 4.69) is 10.6 Å². The highest BCUT2D eigenvalue weighted by Gasteiger charge is 2.35. The van der Waals surface area contributed by atoms with Crippen LogP contribution in [0.3, 0.4) is 0 Å². The number of urea groups is 1. The van der Waals surface area contributed by atoms with Crippen LogP contribution < -0.4 is 10.6 Å². The molecule has 4 rings (SSSR count). The van der Waals surface area contributed by atoms with Crippen molar-refractivity contribution in [1.29, 1.82) is 0 Å². The lowest BCUT2D eigenvalue weighted by Gasteiger charge is -2.12. The van der Waals surface area contributed by atoms with Crippen LogP contribution in [-0.4, -0.2) is 44.9 Å². The van der Waals surface area contributed by atoms with E-state index < -0.39 is 36.2 Å². The van der Waals surface area contributed by atoms with Crippen LogP contribution in [0.25, 0.3) is 11.8 Å². The SMILES string of the molecule is O=C(CN1C(=O)N/C(=C\c2cccn2-c2cccc(C(=O)O)c2)C1=O)Nc1cccc(F)c1. The van der Waals surface area contributed by atoms with Gasteiger partial charge in [-0.2, -0.15) is 0 Å². The van der Waals surface area contributed by atoms with E-state index in [1.165, 1.54) is 36.4 Å². The molecular weight excluding hydrogens is 431 g/mol. The maximum Gasteiger partial charge on any atom is 0.335 e. The van der Waals surface area contributed by atoms with Gasteiger partial charge in [0.05, 0.1) is 5.56 Å². The summed E-state index contributed by atoms with van der Waals surface area (Å²) in [7, 11) is 0. The van der Waals surface area contributed by atoms with Gasteiger partial charge in [-0.3, -0.25) is 9.59 Å². The Morgan fingerprint density at radius 3 is 2.61 bits per heavy atom. The first kappa shape index (κ1) is 21.5. The van der Waals surface area contributed by atoms with Gasteiger partial charge in [0.1, 0.15) is 18.1 Å². The molecule has 1 aliphatic heterocycles. The minimum absolute atomic E-state index is 0.0482. The number of hydrogen-bond donors (Lipinski definition) is 3. The number of nitrogens with zero attached hydrogens (tertiary/aromatic N) is 2. The van der Waals surface area contributed by atoms with Crippen LogP contribution >= 0.6 is 0 Å². The minimum Gasteiger partial charge on any atom is -0.478 e. The van der Waals surface area contributed by atoms with Gasteiger partial charge < -0.3 is 20.3 Å². The number of benzene rings is 2. The number of anilines is 1. The van der Waals surface area contributed by atoms with Crippen molar-refractivity contribution < 1.29 is 28.7 Å². The fourth-order valence-corrected chi connectivity index (χ4v) is 3.31. The van der Waals surface area contributed by atoms with Gasteiger partial charge >= 0.3 is 12.0 Å². The average Bonchev–Trinajstić information content (AvgIpc) is 3.34. The highest BCUT2D eigenvalue weighted by Crippen LogP contribution is 2.19. The number of carboxylic acids is 1. The number of carbonyl (C=O) groups excluding carboxylic acids is 3. The summed E-state index contributed by atoms with van der Waals surface area (Å²) in [5.74, 6) is -2.99. The summed E-state index contributed by atoms with van der Waals surface area (Å²) < 4.78 is 14.9. The average molecular weight is 448 g/mol. The van der Waals surface area contributed by atoms with Gasteiger partial charge in [-0.15, -0.1) is 0 Å². The second-order valence-electron chi connectivity index (χ2n) is 7.10. The molecule has 4 amide bonds.